The molecule has 2 aromatic heterocycles. The molecule has 0 radical (unpaired) electrons. The lowest BCUT2D eigenvalue weighted by molar-refractivity contribution is 0.0951. The van der Waals surface area contributed by atoms with E-state index in [2.05, 4.69) is 15.3 Å². The average molecular weight is 278 g/mol. The van der Waals surface area contributed by atoms with Crippen LogP contribution in [-0.4, -0.2) is 15.9 Å². The van der Waals surface area contributed by atoms with Gasteiger partial charge in [-0.2, -0.15) is 0 Å². The zero-order chi connectivity index (χ0) is 14.7. The topological polar surface area (TPSA) is 80.9 Å². The van der Waals surface area contributed by atoms with Gasteiger partial charge < -0.3 is 11.1 Å². The highest BCUT2D eigenvalue weighted by atomic mass is 16.1. The van der Waals surface area contributed by atoms with Gasteiger partial charge in [0.15, 0.2) is 0 Å². The molecule has 0 saturated heterocycles. The van der Waals surface area contributed by atoms with Crippen molar-refractivity contribution in [3.8, 4) is 0 Å². The fourth-order valence-corrected chi connectivity index (χ4v) is 2.19. The molecular formula is C16H14N4O. The summed E-state index contributed by atoms with van der Waals surface area (Å²) in [7, 11) is 0. The second-order valence-electron chi connectivity index (χ2n) is 4.61. The number of benzene rings is 1. The number of fused-ring (bicyclic) bond motifs is 1. The number of pyridine rings is 2. The first-order valence-corrected chi connectivity index (χ1v) is 6.57. The summed E-state index contributed by atoms with van der Waals surface area (Å²) in [6, 6.07) is 13.1. The summed E-state index contributed by atoms with van der Waals surface area (Å²) in [6.07, 6.45) is 3.30. The zero-order valence-electron chi connectivity index (χ0n) is 11.3. The van der Waals surface area contributed by atoms with E-state index in [-0.39, 0.29) is 11.7 Å². The third kappa shape index (κ3) is 2.67. The van der Waals surface area contributed by atoms with Gasteiger partial charge in [-0.05, 0) is 23.8 Å². The highest BCUT2D eigenvalue weighted by Gasteiger charge is 2.10. The van der Waals surface area contributed by atoms with E-state index in [1.54, 1.807) is 24.5 Å². The van der Waals surface area contributed by atoms with Crippen molar-refractivity contribution in [3.63, 3.8) is 0 Å². The monoisotopic (exact) mass is 278 g/mol. The molecule has 3 N–H and O–H groups in total. The molecule has 104 valence electrons. The van der Waals surface area contributed by atoms with Crippen molar-refractivity contribution >= 4 is 22.6 Å². The van der Waals surface area contributed by atoms with Crippen molar-refractivity contribution in [2.24, 2.45) is 0 Å². The maximum Gasteiger partial charge on any atom is 0.255 e. The van der Waals surface area contributed by atoms with Crippen LogP contribution in [0.4, 0.5) is 5.82 Å². The Morgan fingerprint density at radius 3 is 2.67 bits per heavy atom. The summed E-state index contributed by atoms with van der Waals surface area (Å²) < 4.78 is 0. The van der Waals surface area contributed by atoms with Gasteiger partial charge in [0.25, 0.3) is 5.91 Å². The lowest BCUT2D eigenvalue weighted by atomic mass is 10.1. The van der Waals surface area contributed by atoms with Crippen LogP contribution in [0.1, 0.15) is 15.9 Å². The Morgan fingerprint density at radius 1 is 1.05 bits per heavy atom. The molecule has 0 unspecified atom stereocenters. The molecule has 0 atom stereocenters. The van der Waals surface area contributed by atoms with E-state index < -0.39 is 0 Å². The van der Waals surface area contributed by atoms with Crippen LogP contribution in [-0.2, 0) is 6.54 Å². The van der Waals surface area contributed by atoms with Gasteiger partial charge in [-0.25, -0.2) is 4.98 Å². The lowest BCUT2D eigenvalue weighted by Gasteiger charge is -2.08. The van der Waals surface area contributed by atoms with Gasteiger partial charge in [0.05, 0.1) is 11.1 Å². The first-order chi connectivity index (χ1) is 10.3. The van der Waals surface area contributed by atoms with Gasteiger partial charge in [-0.15, -0.1) is 0 Å². The number of hydrogen-bond donors (Lipinski definition) is 2. The number of nitrogens with two attached hydrogens (primary N) is 1. The molecule has 1 aromatic carbocycles. The Morgan fingerprint density at radius 2 is 1.81 bits per heavy atom. The molecule has 0 bridgehead atoms. The molecule has 5 heteroatoms. The molecule has 3 rings (SSSR count). The molecule has 0 aliphatic heterocycles. The van der Waals surface area contributed by atoms with Crippen LogP contribution in [0.3, 0.4) is 0 Å². The molecule has 5 nitrogen and oxygen atoms in total. The van der Waals surface area contributed by atoms with Gasteiger partial charge in [0, 0.05) is 24.3 Å². The molecule has 0 fully saturated rings. The minimum atomic E-state index is -0.242. The average Bonchev–Trinajstić information content (AvgIpc) is 2.53. The number of nitrogen functional groups attached to an aromatic ring is 1. The third-order valence-corrected chi connectivity index (χ3v) is 3.24. The summed E-state index contributed by atoms with van der Waals surface area (Å²) in [5.41, 5.74) is 7.93. The minimum absolute atomic E-state index is 0.228. The van der Waals surface area contributed by atoms with E-state index in [4.69, 9.17) is 5.73 Å². The number of rotatable bonds is 3. The molecule has 0 saturated carbocycles. The normalized spacial score (nSPS) is 10.5. The van der Waals surface area contributed by atoms with Crippen LogP contribution in [0, 0.1) is 0 Å². The Bertz CT molecular complexity index is 796. The lowest BCUT2D eigenvalue weighted by Crippen LogP contribution is -2.24. The van der Waals surface area contributed by atoms with Crippen molar-refractivity contribution in [3.05, 3.63) is 66.0 Å². The van der Waals surface area contributed by atoms with E-state index in [1.807, 2.05) is 30.3 Å². The van der Waals surface area contributed by atoms with Crippen molar-refractivity contribution in [1.29, 1.82) is 0 Å². The highest BCUT2D eigenvalue weighted by Crippen LogP contribution is 2.16. The summed E-state index contributed by atoms with van der Waals surface area (Å²) in [5.74, 6) is -0.0143. The van der Waals surface area contributed by atoms with Gasteiger partial charge in [0.2, 0.25) is 0 Å². The number of aromatic nitrogens is 2. The van der Waals surface area contributed by atoms with Crippen LogP contribution >= 0.6 is 0 Å². The summed E-state index contributed by atoms with van der Waals surface area (Å²) in [4.78, 5) is 20.4. The van der Waals surface area contributed by atoms with Crippen molar-refractivity contribution in [2.45, 2.75) is 6.54 Å². The van der Waals surface area contributed by atoms with Gasteiger partial charge in [0.1, 0.15) is 5.82 Å². The zero-order valence-corrected chi connectivity index (χ0v) is 11.3. The number of carbonyl (C=O) groups is 1. The van der Waals surface area contributed by atoms with Crippen molar-refractivity contribution in [1.82, 2.24) is 15.3 Å². The largest absolute Gasteiger partial charge is 0.383 e. The molecule has 1 amide bonds. The number of hydrogen-bond acceptors (Lipinski definition) is 4. The van der Waals surface area contributed by atoms with Crippen LogP contribution in [0.15, 0.2) is 54.9 Å². The summed E-state index contributed by atoms with van der Waals surface area (Å²) >= 11 is 0. The van der Waals surface area contributed by atoms with E-state index in [1.165, 1.54) is 0 Å². The number of amides is 1. The molecule has 2 heterocycles. The molecule has 0 aliphatic carbocycles. The van der Waals surface area contributed by atoms with Gasteiger partial charge in [-0.3, -0.25) is 9.78 Å². The predicted molar refractivity (Wildman–Crippen MR) is 81.6 cm³/mol. The molecule has 21 heavy (non-hydrogen) atoms. The van der Waals surface area contributed by atoms with Crippen LogP contribution < -0.4 is 11.1 Å². The fourth-order valence-electron chi connectivity index (χ4n) is 2.19. The number of nitrogens with zero attached hydrogens (tertiary/aromatic N) is 2. The SMILES string of the molecule is Nc1ncccc1C(=O)NCc1cccc2cccnc12. The quantitative estimate of drug-likeness (QED) is 0.769. The number of para-hydroxylation sites is 1. The first-order valence-electron chi connectivity index (χ1n) is 6.57. The van der Waals surface area contributed by atoms with E-state index in [9.17, 15) is 4.79 Å². The smallest absolute Gasteiger partial charge is 0.255 e. The van der Waals surface area contributed by atoms with Gasteiger partial charge >= 0.3 is 0 Å². The number of carbonyl (C=O) groups excluding carboxylic acids is 1. The highest BCUT2D eigenvalue weighted by molar-refractivity contribution is 5.98. The molecule has 3 aromatic rings. The Labute approximate surface area is 121 Å². The van der Waals surface area contributed by atoms with E-state index in [0.717, 1.165) is 16.5 Å². The third-order valence-electron chi connectivity index (χ3n) is 3.24. The number of anilines is 1. The Balaban J connectivity index is 1.81. The maximum absolute atomic E-state index is 12.1. The van der Waals surface area contributed by atoms with Crippen LogP contribution in [0.5, 0.6) is 0 Å². The second-order valence-corrected chi connectivity index (χ2v) is 4.61. The Kier molecular flexibility index (Phi) is 3.47. The molecular weight excluding hydrogens is 264 g/mol. The summed E-state index contributed by atoms with van der Waals surface area (Å²) in [5, 5.41) is 3.90. The fraction of sp³-hybridized carbons (Fsp3) is 0.0625. The first kappa shape index (κ1) is 13.1. The van der Waals surface area contributed by atoms with Gasteiger partial charge in [-0.1, -0.05) is 24.3 Å². The molecule has 0 spiro atoms. The summed E-state index contributed by atoms with van der Waals surface area (Å²) in [6.45, 7) is 0.390. The second kappa shape index (κ2) is 5.58. The minimum Gasteiger partial charge on any atom is -0.383 e. The van der Waals surface area contributed by atoms with Crippen molar-refractivity contribution in [2.75, 3.05) is 5.73 Å². The van der Waals surface area contributed by atoms with E-state index in [0.29, 0.717) is 12.1 Å². The molecule has 0 aliphatic rings. The van der Waals surface area contributed by atoms with E-state index >= 15 is 0 Å². The predicted octanol–water partition coefficient (Wildman–Crippen LogP) is 2.14. The maximum atomic E-state index is 12.1. The van der Waals surface area contributed by atoms with Crippen molar-refractivity contribution < 1.29 is 4.79 Å². The Hall–Kier alpha value is -2.95. The standard InChI is InChI=1S/C16H14N4O/c17-15-13(7-3-9-19-15)16(21)20-10-12-5-1-4-11-6-2-8-18-14(11)12/h1-9H,10H2,(H2,17,19)(H,20,21). The van der Waals surface area contributed by atoms with Crippen LogP contribution in [0.25, 0.3) is 10.9 Å². The number of nitrogens with one attached hydrogen (secondary N) is 1. The van der Waals surface area contributed by atoms with Crippen LogP contribution in [0.2, 0.25) is 0 Å².